The molecule has 0 saturated heterocycles. The van der Waals surface area contributed by atoms with Crippen LogP contribution >= 0.6 is 11.3 Å². The molecule has 5 heteroatoms. The average molecular weight is 264 g/mol. The van der Waals surface area contributed by atoms with Gasteiger partial charge in [-0.05, 0) is 31.7 Å². The van der Waals surface area contributed by atoms with Gasteiger partial charge in [0.25, 0.3) is 0 Å². The smallest absolute Gasteiger partial charge is 0.225 e. The van der Waals surface area contributed by atoms with Gasteiger partial charge in [-0.15, -0.1) is 11.3 Å². The lowest BCUT2D eigenvalue weighted by Crippen LogP contribution is -2.33. The Hall–Kier alpha value is -1.36. The monoisotopic (exact) mass is 264 g/mol. The summed E-state index contributed by atoms with van der Waals surface area (Å²) in [5.41, 5.74) is 0. The van der Waals surface area contributed by atoms with Crippen LogP contribution in [0, 0.1) is 0 Å². The van der Waals surface area contributed by atoms with Crippen molar-refractivity contribution in [2.24, 2.45) is 0 Å². The van der Waals surface area contributed by atoms with E-state index in [9.17, 15) is 0 Å². The van der Waals surface area contributed by atoms with Crippen molar-refractivity contribution < 1.29 is 0 Å². The number of fused-ring (bicyclic) bond motifs is 1. The van der Waals surface area contributed by atoms with Crippen molar-refractivity contribution in [2.45, 2.75) is 33.2 Å². The molecule has 98 valence electrons. The molecule has 1 unspecified atom stereocenters. The summed E-state index contributed by atoms with van der Waals surface area (Å²) in [5, 5.41) is 6.27. The van der Waals surface area contributed by atoms with Crippen LogP contribution in [0.15, 0.2) is 11.4 Å². The predicted octanol–water partition coefficient (Wildman–Crippen LogP) is 3.36. The van der Waals surface area contributed by atoms with Crippen LogP contribution < -0.4 is 10.2 Å². The second-order valence-electron chi connectivity index (χ2n) is 4.30. The summed E-state index contributed by atoms with van der Waals surface area (Å²) in [5.74, 6) is 1.74. The molecular formula is C13H20N4S. The molecule has 0 aromatic carbocycles. The van der Waals surface area contributed by atoms with Gasteiger partial charge in [-0.2, -0.15) is 4.98 Å². The van der Waals surface area contributed by atoms with Gasteiger partial charge in [-0.3, -0.25) is 0 Å². The topological polar surface area (TPSA) is 41.1 Å². The maximum Gasteiger partial charge on any atom is 0.225 e. The number of anilines is 2. The van der Waals surface area contributed by atoms with Gasteiger partial charge in [0.1, 0.15) is 10.6 Å². The summed E-state index contributed by atoms with van der Waals surface area (Å²) < 4.78 is 0. The summed E-state index contributed by atoms with van der Waals surface area (Å²) in [7, 11) is 1.86. The molecule has 2 heterocycles. The summed E-state index contributed by atoms with van der Waals surface area (Å²) in [6.07, 6.45) is 1.11. The van der Waals surface area contributed by atoms with Gasteiger partial charge in [-0.25, -0.2) is 4.98 Å². The molecule has 4 nitrogen and oxygen atoms in total. The zero-order chi connectivity index (χ0) is 13.1. The van der Waals surface area contributed by atoms with Crippen molar-refractivity contribution in [1.82, 2.24) is 9.97 Å². The van der Waals surface area contributed by atoms with Gasteiger partial charge in [0, 0.05) is 19.6 Å². The van der Waals surface area contributed by atoms with E-state index in [1.54, 1.807) is 11.3 Å². The van der Waals surface area contributed by atoms with Crippen LogP contribution in [0.1, 0.15) is 27.2 Å². The van der Waals surface area contributed by atoms with E-state index >= 15 is 0 Å². The maximum atomic E-state index is 4.64. The van der Waals surface area contributed by atoms with E-state index in [1.807, 2.05) is 7.05 Å². The number of aromatic nitrogens is 2. The Morgan fingerprint density at radius 1 is 1.39 bits per heavy atom. The Morgan fingerprint density at radius 3 is 2.78 bits per heavy atom. The number of hydrogen-bond acceptors (Lipinski definition) is 5. The third-order valence-corrected chi connectivity index (χ3v) is 4.07. The fourth-order valence-corrected chi connectivity index (χ4v) is 2.82. The van der Waals surface area contributed by atoms with Gasteiger partial charge in [-0.1, -0.05) is 6.92 Å². The first-order valence-corrected chi connectivity index (χ1v) is 7.28. The molecular weight excluding hydrogens is 244 g/mol. The number of hydrogen-bond donors (Lipinski definition) is 1. The molecule has 2 aromatic rings. The average Bonchev–Trinajstić information content (AvgIpc) is 2.87. The second-order valence-corrected chi connectivity index (χ2v) is 5.20. The van der Waals surface area contributed by atoms with E-state index in [0.717, 1.165) is 29.0 Å². The molecule has 2 aromatic heterocycles. The van der Waals surface area contributed by atoms with Gasteiger partial charge in [0.05, 0.1) is 5.39 Å². The molecule has 0 radical (unpaired) electrons. The SMILES string of the molecule is CCC(C)N(CC)c1nc(NC)nc2sccc12. The van der Waals surface area contributed by atoms with E-state index in [4.69, 9.17) is 0 Å². The highest BCUT2D eigenvalue weighted by Crippen LogP contribution is 2.30. The Labute approximate surface area is 112 Å². The van der Waals surface area contributed by atoms with Crippen LogP contribution in [0.3, 0.4) is 0 Å². The molecule has 2 rings (SSSR count). The van der Waals surface area contributed by atoms with Crippen molar-refractivity contribution in [3.63, 3.8) is 0 Å². The van der Waals surface area contributed by atoms with Gasteiger partial charge < -0.3 is 10.2 Å². The van der Waals surface area contributed by atoms with Crippen molar-refractivity contribution in [3.05, 3.63) is 11.4 Å². The molecule has 1 N–H and O–H groups in total. The predicted molar refractivity (Wildman–Crippen MR) is 79.7 cm³/mol. The maximum absolute atomic E-state index is 4.64. The molecule has 0 fully saturated rings. The molecule has 0 spiro atoms. The lowest BCUT2D eigenvalue weighted by atomic mass is 10.2. The highest BCUT2D eigenvalue weighted by atomic mass is 32.1. The fraction of sp³-hybridized carbons (Fsp3) is 0.538. The Kier molecular flexibility index (Phi) is 4.01. The van der Waals surface area contributed by atoms with E-state index in [-0.39, 0.29) is 0 Å². The quantitative estimate of drug-likeness (QED) is 0.899. The van der Waals surface area contributed by atoms with Gasteiger partial charge in [0.2, 0.25) is 5.95 Å². The van der Waals surface area contributed by atoms with Crippen molar-refractivity contribution in [3.8, 4) is 0 Å². The van der Waals surface area contributed by atoms with Crippen LogP contribution in [-0.4, -0.2) is 29.6 Å². The normalized spacial score (nSPS) is 12.7. The van der Waals surface area contributed by atoms with Crippen molar-refractivity contribution >= 4 is 33.3 Å². The molecule has 0 aliphatic heterocycles. The van der Waals surface area contributed by atoms with E-state index < -0.39 is 0 Å². The zero-order valence-electron chi connectivity index (χ0n) is 11.4. The zero-order valence-corrected chi connectivity index (χ0v) is 12.2. The number of nitrogens with zero attached hydrogens (tertiary/aromatic N) is 3. The molecule has 0 bridgehead atoms. The molecule has 0 saturated carbocycles. The first kappa shape index (κ1) is 13.1. The minimum absolute atomic E-state index is 0.484. The number of nitrogens with one attached hydrogen (secondary N) is 1. The molecule has 0 aliphatic carbocycles. The summed E-state index contributed by atoms with van der Waals surface area (Å²) in [6, 6.07) is 2.59. The van der Waals surface area contributed by atoms with Crippen molar-refractivity contribution in [1.29, 1.82) is 0 Å². The van der Waals surface area contributed by atoms with Crippen LogP contribution in [0.2, 0.25) is 0 Å². The Balaban J connectivity index is 2.56. The minimum atomic E-state index is 0.484. The van der Waals surface area contributed by atoms with Crippen LogP contribution in [0.25, 0.3) is 10.2 Å². The van der Waals surface area contributed by atoms with Gasteiger partial charge in [0.15, 0.2) is 0 Å². The molecule has 18 heavy (non-hydrogen) atoms. The largest absolute Gasteiger partial charge is 0.357 e. The lowest BCUT2D eigenvalue weighted by molar-refractivity contribution is 0.625. The highest BCUT2D eigenvalue weighted by Gasteiger charge is 2.17. The Bertz CT molecular complexity index is 523. The third-order valence-electron chi connectivity index (χ3n) is 3.26. The summed E-state index contributed by atoms with van der Waals surface area (Å²) >= 11 is 1.66. The number of rotatable bonds is 5. The first-order valence-electron chi connectivity index (χ1n) is 6.40. The first-order chi connectivity index (χ1) is 8.71. The standard InChI is InChI=1S/C13H20N4S/c1-5-9(3)17(6-2)11-10-7-8-18-12(10)16-13(14-4)15-11/h7-9H,5-6H2,1-4H3,(H,14,15,16). The highest BCUT2D eigenvalue weighted by molar-refractivity contribution is 7.16. The molecule has 0 aliphatic rings. The summed E-state index contributed by atoms with van der Waals surface area (Å²) in [4.78, 5) is 12.5. The van der Waals surface area contributed by atoms with Crippen LogP contribution in [-0.2, 0) is 0 Å². The van der Waals surface area contributed by atoms with E-state index in [1.165, 1.54) is 0 Å². The van der Waals surface area contributed by atoms with Gasteiger partial charge >= 0.3 is 0 Å². The second kappa shape index (κ2) is 5.52. The fourth-order valence-electron chi connectivity index (χ4n) is 2.06. The van der Waals surface area contributed by atoms with Crippen LogP contribution in [0.5, 0.6) is 0 Å². The van der Waals surface area contributed by atoms with Crippen molar-refractivity contribution in [2.75, 3.05) is 23.8 Å². The Morgan fingerprint density at radius 2 is 2.17 bits per heavy atom. The third kappa shape index (κ3) is 2.27. The minimum Gasteiger partial charge on any atom is -0.357 e. The van der Waals surface area contributed by atoms with E-state index in [0.29, 0.717) is 12.0 Å². The summed E-state index contributed by atoms with van der Waals surface area (Å²) in [6.45, 7) is 7.58. The lowest BCUT2D eigenvalue weighted by Gasteiger charge is -2.29. The molecule has 0 amide bonds. The number of thiophene rings is 1. The molecule has 1 atom stereocenters. The van der Waals surface area contributed by atoms with Crippen LogP contribution in [0.4, 0.5) is 11.8 Å². The van der Waals surface area contributed by atoms with E-state index in [2.05, 4.69) is 52.4 Å².